The lowest BCUT2D eigenvalue weighted by molar-refractivity contribution is 0.0847. The molecule has 2 aromatic rings. The monoisotopic (exact) mass is 283 g/mol. The molecule has 0 saturated carbocycles. The zero-order chi connectivity index (χ0) is 14.7. The zero-order valence-electron chi connectivity index (χ0n) is 12.4. The average molecular weight is 283 g/mol. The second kappa shape index (κ2) is 5.82. The van der Waals surface area contributed by atoms with Crippen LogP contribution in [0.5, 0.6) is 0 Å². The van der Waals surface area contributed by atoms with Crippen molar-refractivity contribution < 1.29 is 4.79 Å². The summed E-state index contributed by atoms with van der Waals surface area (Å²) >= 11 is 0. The van der Waals surface area contributed by atoms with Crippen molar-refractivity contribution >= 4 is 5.78 Å². The van der Waals surface area contributed by atoms with E-state index in [2.05, 4.69) is 22.5 Å². The van der Waals surface area contributed by atoms with Crippen LogP contribution in [-0.2, 0) is 12.0 Å². The van der Waals surface area contributed by atoms with Crippen LogP contribution in [-0.4, -0.2) is 28.7 Å². The molecule has 0 bridgehead atoms. The van der Waals surface area contributed by atoms with E-state index in [1.807, 2.05) is 36.0 Å². The number of hydrogen-bond donors (Lipinski definition) is 1. The molecule has 2 heterocycles. The van der Waals surface area contributed by atoms with Crippen LogP contribution in [0.15, 0.2) is 42.7 Å². The Morgan fingerprint density at radius 1 is 1.29 bits per heavy atom. The first kappa shape index (κ1) is 14.0. The maximum atomic E-state index is 13.2. The molecule has 1 fully saturated rings. The highest BCUT2D eigenvalue weighted by Gasteiger charge is 2.41. The van der Waals surface area contributed by atoms with E-state index in [0.717, 1.165) is 43.6 Å². The SMILES string of the molecule is CCn1cc(C(=O)C2(c3ccccc3)CCNCC2)cn1. The van der Waals surface area contributed by atoms with Gasteiger partial charge >= 0.3 is 0 Å². The molecule has 110 valence electrons. The molecule has 1 aliphatic rings. The summed E-state index contributed by atoms with van der Waals surface area (Å²) in [6.07, 6.45) is 5.26. The standard InChI is InChI=1S/C17H21N3O/c1-2-20-13-14(12-19-20)16(21)17(8-10-18-11-9-17)15-6-4-3-5-7-15/h3-7,12-13,18H,2,8-11H2,1H3. The summed E-state index contributed by atoms with van der Waals surface area (Å²) in [5.41, 5.74) is 1.44. The van der Waals surface area contributed by atoms with Gasteiger partial charge in [0, 0.05) is 12.7 Å². The van der Waals surface area contributed by atoms with Crippen molar-refractivity contribution in [3.8, 4) is 0 Å². The van der Waals surface area contributed by atoms with E-state index in [9.17, 15) is 4.79 Å². The summed E-state index contributed by atoms with van der Waals surface area (Å²) < 4.78 is 1.81. The Bertz CT molecular complexity index is 612. The van der Waals surface area contributed by atoms with Crippen LogP contribution >= 0.6 is 0 Å². The molecule has 3 rings (SSSR count). The van der Waals surface area contributed by atoms with E-state index in [1.165, 1.54) is 0 Å². The Balaban J connectivity index is 2.01. The third-order valence-electron chi connectivity index (χ3n) is 4.44. The Labute approximate surface area is 125 Å². The summed E-state index contributed by atoms with van der Waals surface area (Å²) in [6.45, 7) is 4.57. The molecule has 1 aromatic carbocycles. The highest BCUT2D eigenvalue weighted by atomic mass is 16.1. The third kappa shape index (κ3) is 2.51. The van der Waals surface area contributed by atoms with Crippen LogP contribution in [0.4, 0.5) is 0 Å². The van der Waals surface area contributed by atoms with E-state index in [4.69, 9.17) is 0 Å². The fourth-order valence-corrected chi connectivity index (χ4v) is 3.19. The highest BCUT2D eigenvalue weighted by Crippen LogP contribution is 2.36. The van der Waals surface area contributed by atoms with Gasteiger partial charge in [0.05, 0.1) is 17.2 Å². The number of piperidine rings is 1. The summed E-state index contributed by atoms with van der Waals surface area (Å²) in [5.74, 6) is 0.204. The lowest BCUT2D eigenvalue weighted by Gasteiger charge is -2.36. The van der Waals surface area contributed by atoms with Crippen molar-refractivity contribution in [2.75, 3.05) is 13.1 Å². The zero-order valence-corrected chi connectivity index (χ0v) is 12.4. The number of ketones is 1. The van der Waals surface area contributed by atoms with Crippen LogP contribution in [0.3, 0.4) is 0 Å². The first-order chi connectivity index (χ1) is 10.3. The molecule has 0 amide bonds. The number of carbonyl (C=O) groups excluding carboxylic acids is 1. The van der Waals surface area contributed by atoms with Gasteiger partial charge in [0.25, 0.3) is 0 Å². The predicted octanol–water partition coefficient (Wildman–Crippen LogP) is 2.41. The Kier molecular flexibility index (Phi) is 3.88. The van der Waals surface area contributed by atoms with Crippen LogP contribution in [0.2, 0.25) is 0 Å². The fourth-order valence-electron chi connectivity index (χ4n) is 3.19. The normalized spacial score (nSPS) is 17.6. The van der Waals surface area contributed by atoms with Crippen LogP contribution in [0, 0.1) is 0 Å². The van der Waals surface area contributed by atoms with Gasteiger partial charge in [0.15, 0.2) is 5.78 Å². The van der Waals surface area contributed by atoms with Gasteiger partial charge in [-0.15, -0.1) is 0 Å². The number of Topliss-reactive ketones (excluding diaryl/α,β-unsaturated/α-hetero) is 1. The van der Waals surface area contributed by atoms with Crippen LogP contribution in [0.25, 0.3) is 0 Å². The number of hydrogen-bond acceptors (Lipinski definition) is 3. The van der Waals surface area contributed by atoms with Crippen molar-refractivity contribution in [2.24, 2.45) is 0 Å². The molecular weight excluding hydrogens is 262 g/mol. The number of nitrogens with one attached hydrogen (secondary N) is 1. The van der Waals surface area contributed by atoms with Gasteiger partial charge in [0.2, 0.25) is 0 Å². The summed E-state index contributed by atoms with van der Waals surface area (Å²) in [4.78, 5) is 13.2. The Morgan fingerprint density at radius 3 is 2.62 bits per heavy atom. The molecule has 4 heteroatoms. The van der Waals surface area contributed by atoms with Crippen LogP contribution < -0.4 is 5.32 Å². The number of benzene rings is 1. The molecule has 4 nitrogen and oxygen atoms in total. The lowest BCUT2D eigenvalue weighted by atomic mass is 9.69. The quantitative estimate of drug-likeness (QED) is 0.877. The maximum absolute atomic E-state index is 13.2. The summed E-state index contributed by atoms with van der Waals surface area (Å²) in [6, 6.07) is 10.2. The molecular formula is C17H21N3O. The van der Waals surface area contributed by atoms with Crippen molar-refractivity contribution in [3.63, 3.8) is 0 Å². The van der Waals surface area contributed by atoms with Crippen molar-refractivity contribution in [1.29, 1.82) is 0 Å². The smallest absolute Gasteiger partial charge is 0.176 e. The molecule has 1 N–H and O–H groups in total. The first-order valence-electron chi connectivity index (χ1n) is 7.60. The van der Waals surface area contributed by atoms with Gasteiger partial charge in [-0.05, 0) is 38.4 Å². The molecule has 21 heavy (non-hydrogen) atoms. The fraction of sp³-hybridized carbons (Fsp3) is 0.412. The second-order valence-electron chi connectivity index (χ2n) is 5.61. The molecule has 1 aliphatic heterocycles. The minimum atomic E-state index is -0.409. The minimum Gasteiger partial charge on any atom is -0.317 e. The van der Waals surface area contributed by atoms with E-state index in [0.29, 0.717) is 0 Å². The largest absolute Gasteiger partial charge is 0.317 e. The number of rotatable bonds is 4. The molecule has 0 unspecified atom stereocenters. The topological polar surface area (TPSA) is 46.9 Å². The number of carbonyl (C=O) groups is 1. The summed E-state index contributed by atoms with van der Waals surface area (Å²) in [7, 11) is 0. The van der Waals surface area contributed by atoms with E-state index < -0.39 is 5.41 Å². The molecule has 0 spiro atoms. The Morgan fingerprint density at radius 2 is 2.00 bits per heavy atom. The van der Waals surface area contributed by atoms with E-state index in [1.54, 1.807) is 6.20 Å². The number of aromatic nitrogens is 2. The van der Waals surface area contributed by atoms with Crippen molar-refractivity contribution in [3.05, 3.63) is 53.9 Å². The van der Waals surface area contributed by atoms with E-state index >= 15 is 0 Å². The van der Waals surface area contributed by atoms with Crippen LogP contribution in [0.1, 0.15) is 35.7 Å². The highest BCUT2D eigenvalue weighted by molar-refractivity contribution is 6.04. The molecule has 1 aromatic heterocycles. The predicted molar refractivity (Wildman–Crippen MR) is 82.5 cm³/mol. The average Bonchev–Trinajstić information content (AvgIpc) is 3.04. The molecule has 1 saturated heterocycles. The minimum absolute atomic E-state index is 0.204. The number of nitrogens with zero attached hydrogens (tertiary/aromatic N) is 2. The Hall–Kier alpha value is -1.94. The molecule has 0 aliphatic carbocycles. The maximum Gasteiger partial charge on any atom is 0.176 e. The second-order valence-corrected chi connectivity index (χ2v) is 5.61. The van der Waals surface area contributed by atoms with Gasteiger partial charge in [0.1, 0.15) is 0 Å². The summed E-state index contributed by atoms with van der Waals surface area (Å²) in [5, 5.41) is 7.61. The van der Waals surface area contributed by atoms with E-state index in [-0.39, 0.29) is 5.78 Å². The van der Waals surface area contributed by atoms with Crippen molar-refractivity contribution in [1.82, 2.24) is 15.1 Å². The van der Waals surface area contributed by atoms with Gasteiger partial charge in [-0.2, -0.15) is 5.10 Å². The van der Waals surface area contributed by atoms with Gasteiger partial charge in [-0.25, -0.2) is 0 Å². The molecule has 0 atom stereocenters. The van der Waals surface area contributed by atoms with Gasteiger partial charge in [-0.3, -0.25) is 9.48 Å². The van der Waals surface area contributed by atoms with Gasteiger partial charge < -0.3 is 5.32 Å². The van der Waals surface area contributed by atoms with Gasteiger partial charge in [-0.1, -0.05) is 30.3 Å². The first-order valence-corrected chi connectivity index (χ1v) is 7.60. The number of aryl methyl sites for hydroxylation is 1. The molecule has 0 radical (unpaired) electrons. The van der Waals surface area contributed by atoms with Crippen molar-refractivity contribution in [2.45, 2.75) is 31.7 Å². The third-order valence-corrected chi connectivity index (χ3v) is 4.44. The lowest BCUT2D eigenvalue weighted by Crippen LogP contribution is -2.45.